The number of aliphatic carboxylic acids is 1. The maximum absolute atomic E-state index is 12.1. The van der Waals surface area contributed by atoms with Crippen molar-refractivity contribution >= 4 is 29.3 Å². The highest BCUT2D eigenvalue weighted by Crippen LogP contribution is 2.14. The molecule has 1 aliphatic heterocycles. The van der Waals surface area contributed by atoms with Crippen LogP contribution in [0.4, 0.5) is 10.5 Å². The number of piperazine rings is 1. The monoisotopic (exact) mass is 311 g/mol. The number of halogens is 1. The van der Waals surface area contributed by atoms with Gasteiger partial charge in [-0.15, -0.1) is 0 Å². The zero-order valence-electron chi connectivity index (χ0n) is 11.8. The van der Waals surface area contributed by atoms with Crippen LogP contribution in [0.3, 0.4) is 0 Å². The number of carboxylic acid groups (broad SMARTS) is 1. The van der Waals surface area contributed by atoms with Crippen molar-refractivity contribution in [1.29, 1.82) is 0 Å². The van der Waals surface area contributed by atoms with Crippen molar-refractivity contribution in [1.82, 2.24) is 9.80 Å². The molecule has 0 saturated carbocycles. The van der Waals surface area contributed by atoms with Gasteiger partial charge >= 0.3 is 12.0 Å². The molecule has 2 N–H and O–H groups in total. The van der Waals surface area contributed by atoms with Gasteiger partial charge in [-0.3, -0.25) is 9.69 Å². The molecule has 0 radical (unpaired) electrons. The van der Waals surface area contributed by atoms with Gasteiger partial charge in [0.05, 0.1) is 0 Å². The normalized spacial score (nSPS) is 17.3. The van der Waals surface area contributed by atoms with Crippen molar-refractivity contribution in [3.63, 3.8) is 0 Å². The number of nitrogens with zero attached hydrogens (tertiary/aromatic N) is 2. The number of anilines is 1. The van der Waals surface area contributed by atoms with Gasteiger partial charge in [-0.2, -0.15) is 0 Å². The Bertz CT molecular complexity index is 513. The van der Waals surface area contributed by atoms with Crippen LogP contribution in [0.2, 0.25) is 5.02 Å². The number of carboxylic acids is 1. The topological polar surface area (TPSA) is 72.9 Å². The summed E-state index contributed by atoms with van der Waals surface area (Å²) in [6.07, 6.45) is 0. The average molecular weight is 312 g/mol. The van der Waals surface area contributed by atoms with Crippen molar-refractivity contribution in [3.8, 4) is 0 Å². The van der Waals surface area contributed by atoms with Crippen molar-refractivity contribution in [3.05, 3.63) is 29.3 Å². The number of carbonyl (C=O) groups is 2. The van der Waals surface area contributed by atoms with E-state index in [-0.39, 0.29) is 6.03 Å². The van der Waals surface area contributed by atoms with Gasteiger partial charge in [0, 0.05) is 36.9 Å². The number of hydrogen-bond donors (Lipinski definition) is 2. The lowest BCUT2D eigenvalue weighted by molar-refractivity contribution is -0.143. The molecule has 0 bridgehead atoms. The molecule has 1 aromatic carbocycles. The van der Waals surface area contributed by atoms with Crippen molar-refractivity contribution in [2.45, 2.75) is 13.0 Å². The Morgan fingerprint density at radius 2 is 1.76 bits per heavy atom. The van der Waals surface area contributed by atoms with Crippen LogP contribution >= 0.6 is 11.6 Å². The van der Waals surface area contributed by atoms with Crippen LogP contribution in [-0.2, 0) is 4.79 Å². The predicted octanol–water partition coefficient (Wildman–Crippen LogP) is 1.96. The lowest BCUT2D eigenvalue weighted by Crippen LogP contribution is -2.53. The fourth-order valence-corrected chi connectivity index (χ4v) is 2.33. The van der Waals surface area contributed by atoms with E-state index in [2.05, 4.69) is 5.32 Å². The van der Waals surface area contributed by atoms with E-state index in [1.807, 2.05) is 4.90 Å². The van der Waals surface area contributed by atoms with E-state index in [4.69, 9.17) is 16.7 Å². The van der Waals surface area contributed by atoms with Crippen LogP contribution in [0.1, 0.15) is 6.92 Å². The Morgan fingerprint density at radius 1 is 1.19 bits per heavy atom. The minimum Gasteiger partial charge on any atom is -0.480 e. The Labute approximate surface area is 128 Å². The standard InChI is InChI=1S/C14H18ClN3O3/c1-10(13(19)20)17-6-8-18(9-7-17)14(21)16-12-4-2-11(15)3-5-12/h2-5,10H,6-9H2,1H3,(H,16,21)(H,19,20). The van der Waals surface area contributed by atoms with Gasteiger partial charge in [0.15, 0.2) is 0 Å². The third kappa shape index (κ3) is 4.09. The molecule has 114 valence electrons. The fourth-order valence-electron chi connectivity index (χ4n) is 2.20. The van der Waals surface area contributed by atoms with Gasteiger partial charge in [-0.25, -0.2) is 4.79 Å². The third-order valence-electron chi connectivity index (χ3n) is 3.60. The first-order valence-electron chi connectivity index (χ1n) is 6.75. The molecule has 6 nitrogen and oxygen atoms in total. The van der Waals surface area contributed by atoms with Crippen LogP contribution in [0.5, 0.6) is 0 Å². The average Bonchev–Trinajstić information content (AvgIpc) is 2.49. The summed E-state index contributed by atoms with van der Waals surface area (Å²) in [6, 6.07) is 6.20. The number of benzene rings is 1. The van der Waals surface area contributed by atoms with Crippen LogP contribution < -0.4 is 5.32 Å². The van der Waals surface area contributed by atoms with Crippen molar-refractivity contribution in [2.75, 3.05) is 31.5 Å². The molecule has 1 heterocycles. The molecule has 2 amide bonds. The highest BCUT2D eigenvalue weighted by molar-refractivity contribution is 6.30. The number of hydrogen-bond acceptors (Lipinski definition) is 3. The van der Waals surface area contributed by atoms with E-state index in [0.29, 0.717) is 36.9 Å². The second-order valence-electron chi connectivity index (χ2n) is 4.97. The van der Waals surface area contributed by atoms with E-state index < -0.39 is 12.0 Å². The Hall–Kier alpha value is -1.79. The Morgan fingerprint density at radius 3 is 2.29 bits per heavy atom. The molecule has 7 heteroatoms. The lowest BCUT2D eigenvalue weighted by Gasteiger charge is -2.36. The largest absolute Gasteiger partial charge is 0.480 e. The van der Waals surface area contributed by atoms with E-state index in [1.165, 1.54) is 0 Å². The molecule has 1 atom stereocenters. The summed E-state index contributed by atoms with van der Waals surface area (Å²) >= 11 is 5.79. The van der Waals surface area contributed by atoms with Gasteiger partial charge in [-0.1, -0.05) is 11.6 Å². The van der Waals surface area contributed by atoms with Gasteiger partial charge in [0.2, 0.25) is 0 Å². The number of urea groups is 1. The predicted molar refractivity (Wildman–Crippen MR) is 80.7 cm³/mol. The zero-order chi connectivity index (χ0) is 15.4. The van der Waals surface area contributed by atoms with Crippen LogP contribution in [-0.4, -0.2) is 59.1 Å². The minimum absolute atomic E-state index is 0.181. The molecule has 1 aliphatic rings. The molecule has 1 saturated heterocycles. The second-order valence-corrected chi connectivity index (χ2v) is 5.41. The number of nitrogens with one attached hydrogen (secondary N) is 1. The van der Waals surface area contributed by atoms with Crippen LogP contribution in [0.25, 0.3) is 0 Å². The molecule has 1 aromatic rings. The summed E-state index contributed by atoms with van der Waals surface area (Å²) < 4.78 is 0. The maximum atomic E-state index is 12.1. The molecular formula is C14H18ClN3O3. The Kier molecular flexibility index (Phi) is 5.03. The molecule has 21 heavy (non-hydrogen) atoms. The molecule has 0 aliphatic carbocycles. The zero-order valence-corrected chi connectivity index (χ0v) is 12.5. The minimum atomic E-state index is -0.839. The van der Waals surface area contributed by atoms with Gasteiger partial charge < -0.3 is 15.3 Å². The summed E-state index contributed by atoms with van der Waals surface area (Å²) in [6.45, 7) is 3.79. The summed E-state index contributed by atoms with van der Waals surface area (Å²) in [7, 11) is 0. The molecule has 1 unspecified atom stereocenters. The summed E-state index contributed by atoms with van der Waals surface area (Å²) in [5.74, 6) is -0.839. The number of rotatable bonds is 3. The van der Waals surface area contributed by atoms with Crippen LogP contribution in [0.15, 0.2) is 24.3 Å². The quantitative estimate of drug-likeness (QED) is 0.895. The lowest BCUT2D eigenvalue weighted by atomic mass is 10.2. The van der Waals surface area contributed by atoms with Crippen molar-refractivity contribution in [2.24, 2.45) is 0 Å². The second kappa shape index (κ2) is 6.78. The summed E-state index contributed by atoms with van der Waals surface area (Å²) in [5.41, 5.74) is 0.686. The first kappa shape index (κ1) is 15.6. The third-order valence-corrected chi connectivity index (χ3v) is 3.85. The molecule has 0 aromatic heterocycles. The summed E-state index contributed by atoms with van der Waals surface area (Å²) in [5, 5.41) is 12.4. The van der Waals surface area contributed by atoms with Crippen LogP contribution in [0, 0.1) is 0 Å². The van der Waals surface area contributed by atoms with E-state index in [1.54, 1.807) is 36.1 Å². The van der Waals surface area contributed by atoms with Gasteiger partial charge in [0.1, 0.15) is 6.04 Å². The van der Waals surface area contributed by atoms with E-state index in [9.17, 15) is 9.59 Å². The van der Waals surface area contributed by atoms with E-state index >= 15 is 0 Å². The Balaban J connectivity index is 1.85. The molecule has 1 fully saturated rings. The number of amides is 2. The fraction of sp³-hybridized carbons (Fsp3) is 0.429. The highest BCUT2D eigenvalue weighted by atomic mass is 35.5. The SMILES string of the molecule is CC(C(=O)O)N1CCN(C(=O)Nc2ccc(Cl)cc2)CC1. The molecule has 2 rings (SSSR count). The highest BCUT2D eigenvalue weighted by Gasteiger charge is 2.27. The molecule has 0 spiro atoms. The molecular weight excluding hydrogens is 294 g/mol. The van der Waals surface area contributed by atoms with Gasteiger partial charge in [0.25, 0.3) is 0 Å². The van der Waals surface area contributed by atoms with Gasteiger partial charge in [-0.05, 0) is 31.2 Å². The maximum Gasteiger partial charge on any atom is 0.321 e. The summed E-state index contributed by atoms with van der Waals surface area (Å²) in [4.78, 5) is 26.6. The number of carbonyl (C=O) groups excluding carboxylic acids is 1. The first-order valence-corrected chi connectivity index (χ1v) is 7.13. The first-order chi connectivity index (χ1) is 9.97. The van der Waals surface area contributed by atoms with Crippen molar-refractivity contribution < 1.29 is 14.7 Å². The van der Waals surface area contributed by atoms with E-state index in [0.717, 1.165) is 0 Å². The smallest absolute Gasteiger partial charge is 0.321 e.